The van der Waals surface area contributed by atoms with Gasteiger partial charge >= 0.3 is 0 Å². The highest BCUT2D eigenvalue weighted by atomic mass is 32.2. The number of rotatable bonds is 2. The third-order valence-corrected chi connectivity index (χ3v) is 1.54. The molecule has 0 spiro atoms. The summed E-state index contributed by atoms with van der Waals surface area (Å²) in [6.07, 6.45) is 1.58. The monoisotopic (exact) mass is 151 g/mol. The summed E-state index contributed by atoms with van der Waals surface area (Å²) in [6, 6.07) is 9.45. The molecular formula is C7H5NOS. The lowest BCUT2D eigenvalue weighted by Crippen LogP contribution is -1.68. The molecule has 0 saturated carbocycles. The minimum absolute atomic E-state index is 0.934. The Morgan fingerprint density at radius 1 is 1.30 bits per heavy atom. The summed E-state index contributed by atoms with van der Waals surface area (Å²) < 4.78 is 4.44. The Hall–Kier alpha value is -1.14. The van der Waals surface area contributed by atoms with Crippen LogP contribution in [0.5, 0.6) is 0 Å². The van der Waals surface area contributed by atoms with E-state index >= 15 is 0 Å². The van der Waals surface area contributed by atoms with Gasteiger partial charge in [0.05, 0.1) is 0 Å². The van der Waals surface area contributed by atoms with Crippen molar-refractivity contribution >= 4 is 12.0 Å². The number of nitriles is 1. The number of hydrogen-bond acceptors (Lipinski definition) is 3. The predicted octanol–water partition coefficient (Wildman–Crippen LogP) is 2.19. The summed E-state index contributed by atoms with van der Waals surface area (Å²) in [5.41, 5.74) is 0. The van der Waals surface area contributed by atoms with Crippen molar-refractivity contribution in [2.24, 2.45) is 0 Å². The molecule has 1 rings (SSSR count). The van der Waals surface area contributed by atoms with Crippen LogP contribution in [-0.2, 0) is 4.18 Å². The van der Waals surface area contributed by atoms with E-state index in [2.05, 4.69) is 4.18 Å². The zero-order valence-corrected chi connectivity index (χ0v) is 5.97. The minimum atomic E-state index is 0.934. The molecule has 0 atom stereocenters. The van der Waals surface area contributed by atoms with Crippen LogP contribution in [0.15, 0.2) is 35.2 Å². The van der Waals surface area contributed by atoms with Gasteiger partial charge in [-0.15, -0.1) is 5.26 Å². The predicted molar refractivity (Wildman–Crippen MR) is 39.0 cm³/mol. The van der Waals surface area contributed by atoms with Crippen LogP contribution in [0.4, 0.5) is 0 Å². The van der Waals surface area contributed by atoms with E-state index in [9.17, 15) is 0 Å². The molecule has 0 radical (unpaired) electrons. The summed E-state index contributed by atoms with van der Waals surface area (Å²) in [6.45, 7) is 0. The van der Waals surface area contributed by atoms with Crippen LogP contribution >= 0.6 is 12.0 Å². The molecule has 1 aromatic carbocycles. The maximum Gasteiger partial charge on any atom is 0.300 e. The van der Waals surface area contributed by atoms with E-state index in [0.717, 1.165) is 16.9 Å². The average molecular weight is 151 g/mol. The molecule has 2 nitrogen and oxygen atoms in total. The van der Waals surface area contributed by atoms with Gasteiger partial charge in [-0.25, -0.2) is 0 Å². The largest absolute Gasteiger partial charge is 0.347 e. The number of benzene rings is 1. The summed E-state index contributed by atoms with van der Waals surface area (Å²) in [4.78, 5) is 0.934. The maximum atomic E-state index is 8.03. The van der Waals surface area contributed by atoms with Crippen molar-refractivity contribution in [2.45, 2.75) is 4.90 Å². The second kappa shape index (κ2) is 3.80. The van der Waals surface area contributed by atoms with Gasteiger partial charge in [0, 0.05) is 4.90 Å². The summed E-state index contributed by atoms with van der Waals surface area (Å²) in [5.74, 6) is 0. The zero-order chi connectivity index (χ0) is 7.23. The molecule has 0 N–H and O–H groups in total. The molecule has 0 bridgehead atoms. The topological polar surface area (TPSA) is 33.0 Å². The van der Waals surface area contributed by atoms with E-state index in [4.69, 9.17) is 5.26 Å². The van der Waals surface area contributed by atoms with Gasteiger partial charge in [-0.05, 0) is 12.1 Å². The molecule has 10 heavy (non-hydrogen) atoms. The molecular weight excluding hydrogens is 146 g/mol. The fourth-order valence-corrected chi connectivity index (χ4v) is 0.945. The van der Waals surface area contributed by atoms with Gasteiger partial charge in [-0.3, -0.25) is 0 Å². The van der Waals surface area contributed by atoms with Crippen molar-refractivity contribution in [3.05, 3.63) is 30.3 Å². The van der Waals surface area contributed by atoms with Crippen molar-refractivity contribution in [1.82, 2.24) is 0 Å². The molecule has 0 saturated heterocycles. The van der Waals surface area contributed by atoms with Gasteiger partial charge in [-0.1, -0.05) is 18.2 Å². The van der Waals surface area contributed by atoms with Gasteiger partial charge in [0.2, 0.25) is 0 Å². The summed E-state index contributed by atoms with van der Waals surface area (Å²) in [7, 11) is 0. The Morgan fingerprint density at radius 2 is 2.00 bits per heavy atom. The normalized spacial score (nSPS) is 8.30. The van der Waals surface area contributed by atoms with E-state index in [0.29, 0.717) is 0 Å². The summed E-state index contributed by atoms with van der Waals surface area (Å²) >= 11 is 1.06. The smallest absolute Gasteiger partial charge is 0.300 e. The third kappa shape index (κ3) is 2.00. The van der Waals surface area contributed by atoms with Crippen LogP contribution in [0, 0.1) is 11.5 Å². The van der Waals surface area contributed by atoms with Crippen molar-refractivity contribution < 1.29 is 4.18 Å². The third-order valence-electron chi connectivity index (χ3n) is 0.918. The van der Waals surface area contributed by atoms with E-state index in [1.165, 1.54) is 0 Å². The molecule has 0 heterocycles. The first-order chi connectivity index (χ1) is 4.93. The van der Waals surface area contributed by atoms with Gasteiger partial charge in [-0.2, -0.15) is 0 Å². The van der Waals surface area contributed by atoms with E-state index in [-0.39, 0.29) is 0 Å². The van der Waals surface area contributed by atoms with Crippen LogP contribution in [0.3, 0.4) is 0 Å². The molecule has 0 unspecified atom stereocenters. The van der Waals surface area contributed by atoms with Gasteiger partial charge < -0.3 is 4.18 Å². The second-order valence-corrected chi connectivity index (χ2v) is 2.38. The summed E-state index contributed by atoms with van der Waals surface area (Å²) in [5, 5.41) is 8.03. The lowest BCUT2D eigenvalue weighted by Gasteiger charge is -1.91. The zero-order valence-electron chi connectivity index (χ0n) is 5.15. The van der Waals surface area contributed by atoms with Crippen LogP contribution < -0.4 is 0 Å². The quantitative estimate of drug-likeness (QED) is 0.479. The van der Waals surface area contributed by atoms with Crippen molar-refractivity contribution in [2.75, 3.05) is 0 Å². The second-order valence-electron chi connectivity index (χ2n) is 1.57. The van der Waals surface area contributed by atoms with Crippen LogP contribution in [0.2, 0.25) is 0 Å². The van der Waals surface area contributed by atoms with Gasteiger partial charge in [0.25, 0.3) is 6.26 Å². The Morgan fingerprint density at radius 3 is 2.60 bits per heavy atom. The van der Waals surface area contributed by atoms with Gasteiger partial charge in [0.1, 0.15) is 12.0 Å². The molecule has 0 aliphatic rings. The average Bonchev–Trinajstić information content (AvgIpc) is 2.03. The van der Waals surface area contributed by atoms with E-state index in [1.807, 2.05) is 30.3 Å². The number of hydrogen-bond donors (Lipinski definition) is 0. The Balaban J connectivity index is 2.52. The molecule has 0 aromatic heterocycles. The maximum absolute atomic E-state index is 8.03. The first-order valence-electron chi connectivity index (χ1n) is 2.71. The van der Waals surface area contributed by atoms with E-state index in [1.54, 1.807) is 6.26 Å². The fraction of sp³-hybridized carbons (Fsp3) is 0. The van der Waals surface area contributed by atoms with E-state index < -0.39 is 0 Å². The Bertz CT molecular complexity index is 229. The van der Waals surface area contributed by atoms with Crippen molar-refractivity contribution in [3.63, 3.8) is 0 Å². The highest BCUT2D eigenvalue weighted by Gasteiger charge is 1.89. The molecule has 0 fully saturated rings. The first-order valence-corrected chi connectivity index (χ1v) is 3.45. The number of nitrogens with zero attached hydrogens (tertiary/aromatic N) is 1. The SMILES string of the molecule is N#COSc1ccccc1. The molecule has 1 aromatic rings. The first kappa shape index (κ1) is 6.97. The highest BCUT2D eigenvalue weighted by Crippen LogP contribution is 2.16. The minimum Gasteiger partial charge on any atom is -0.347 e. The lowest BCUT2D eigenvalue weighted by atomic mass is 10.4. The molecule has 50 valence electrons. The molecule has 0 amide bonds. The van der Waals surface area contributed by atoms with Crippen molar-refractivity contribution in [1.29, 1.82) is 5.26 Å². The Kier molecular flexibility index (Phi) is 2.65. The molecule has 3 heteroatoms. The standard InChI is InChI=1S/C7H5NOS/c8-6-9-10-7-4-2-1-3-5-7/h1-5H. The van der Waals surface area contributed by atoms with Crippen LogP contribution in [0.1, 0.15) is 0 Å². The Labute approximate surface area is 63.6 Å². The van der Waals surface area contributed by atoms with Gasteiger partial charge in [0.15, 0.2) is 0 Å². The van der Waals surface area contributed by atoms with Crippen LogP contribution in [-0.4, -0.2) is 0 Å². The van der Waals surface area contributed by atoms with Crippen molar-refractivity contribution in [3.8, 4) is 6.26 Å². The lowest BCUT2D eigenvalue weighted by molar-refractivity contribution is 0.594. The molecule has 0 aliphatic heterocycles. The highest BCUT2D eigenvalue weighted by molar-refractivity contribution is 7.94. The fourth-order valence-electron chi connectivity index (χ4n) is 0.543. The van der Waals surface area contributed by atoms with Crippen LogP contribution in [0.25, 0.3) is 0 Å². The molecule has 0 aliphatic carbocycles.